The van der Waals surface area contributed by atoms with Gasteiger partial charge in [-0.1, -0.05) is 60.7 Å². The molecule has 1 atom stereocenters. The average molecular weight is 319 g/mol. The van der Waals surface area contributed by atoms with Crippen molar-refractivity contribution in [3.63, 3.8) is 0 Å². The molecule has 1 amide bonds. The van der Waals surface area contributed by atoms with Crippen LogP contribution in [-0.2, 0) is 0 Å². The third-order valence-corrected chi connectivity index (χ3v) is 3.95. The quantitative estimate of drug-likeness (QED) is 0.721. The van der Waals surface area contributed by atoms with Crippen molar-refractivity contribution in [2.45, 2.75) is 13.0 Å². The molecule has 0 bridgehead atoms. The number of hydrogen-bond acceptors (Lipinski definition) is 1. The zero-order valence-electron chi connectivity index (χ0n) is 13.4. The Morgan fingerprint density at radius 3 is 2.38 bits per heavy atom. The monoisotopic (exact) mass is 319 g/mol. The van der Waals surface area contributed by atoms with E-state index in [1.807, 2.05) is 55.5 Å². The molecule has 0 fully saturated rings. The van der Waals surface area contributed by atoms with Crippen LogP contribution in [0.4, 0.5) is 4.39 Å². The highest BCUT2D eigenvalue weighted by Gasteiger charge is 2.15. The van der Waals surface area contributed by atoms with Gasteiger partial charge in [0.2, 0.25) is 0 Å². The molecule has 0 unspecified atom stereocenters. The third-order valence-electron chi connectivity index (χ3n) is 3.95. The molecule has 3 aromatic carbocycles. The Morgan fingerprint density at radius 1 is 0.917 bits per heavy atom. The Bertz CT molecular complexity index is 845. The van der Waals surface area contributed by atoms with Crippen LogP contribution in [0.15, 0.2) is 78.9 Å². The van der Waals surface area contributed by atoms with Gasteiger partial charge in [-0.25, -0.2) is 4.39 Å². The van der Waals surface area contributed by atoms with Gasteiger partial charge in [0.05, 0.1) is 6.04 Å². The van der Waals surface area contributed by atoms with E-state index in [1.165, 1.54) is 12.1 Å². The van der Waals surface area contributed by atoms with Crippen LogP contribution in [-0.4, -0.2) is 5.91 Å². The van der Waals surface area contributed by atoms with Gasteiger partial charge >= 0.3 is 0 Å². The van der Waals surface area contributed by atoms with E-state index in [4.69, 9.17) is 0 Å². The molecular weight excluding hydrogens is 301 g/mol. The minimum absolute atomic E-state index is 0.175. The summed E-state index contributed by atoms with van der Waals surface area (Å²) >= 11 is 0. The number of nitrogens with one attached hydrogen (secondary N) is 1. The molecule has 0 aromatic heterocycles. The van der Waals surface area contributed by atoms with Crippen LogP contribution in [0.5, 0.6) is 0 Å². The highest BCUT2D eigenvalue weighted by molar-refractivity contribution is 6.01. The molecule has 3 aromatic rings. The number of carbonyl (C=O) groups excluding carboxylic acids is 1. The maximum Gasteiger partial charge on any atom is 0.252 e. The zero-order chi connectivity index (χ0) is 16.9. The van der Waals surface area contributed by atoms with Crippen LogP contribution >= 0.6 is 0 Å². The van der Waals surface area contributed by atoms with Crippen molar-refractivity contribution >= 4 is 5.91 Å². The fraction of sp³-hybridized carbons (Fsp3) is 0.0952. The first-order valence-corrected chi connectivity index (χ1v) is 7.86. The predicted molar refractivity (Wildman–Crippen MR) is 94.2 cm³/mol. The van der Waals surface area contributed by atoms with Crippen molar-refractivity contribution in [1.82, 2.24) is 5.32 Å². The van der Waals surface area contributed by atoms with E-state index in [1.54, 1.807) is 18.2 Å². The van der Waals surface area contributed by atoms with Crippen LogP contribution in [0.2, 0.25) is 0 Å². The molecule has 0 radical (unpaired) electrons. The van der Waals surface area contributed by atoms with Gasteiger partial charge in [0.25, 0.3) is 5.91 Å². The molecular formula is C21H18FNO. The third kappa shape index (κ3) is 3.51. The Balaban J connectivity index is 1.86. The minimum atomic E-state index is -0.307. The first kappa shape index (κ1) is 15.9. The van der Waals surface area contributed by atoms with E-state index in [-0.39, 0.29) is 17.8 Å². The second-order valence-corrected chi connectivity index (χ2v) is 5.66. The van der Waals surface area contributed by atoms with Crippen LogP contribution in [0.25, 0.3) is 11.1 Å². The van der Waals surface area contributed by atoms with Crippen molar-refractivity contribution in [3.8, 4) is 11.1 Å². The summed E-state index contributed by atoms with van der Waals surface area (Å²) in [5, 5.41) is 2.94. The summed E-state index contributed by atoms with van der Waals surface area (Å²) in [5.74, 6) is -0.482. The smallest absolute Gasteiger partial charge is 0.252 e. The van der Waals surface area contributed by atoms with Crippen molar-refractivity contribution < 1.29 is 9.18 Å². The van der Waals surface area contributed by atoms with Gasteiger partial charge in [0, 0.05) is 5.56 Å². The highest BCUT2D eigenvalue weighted by atomic mass is 19.1. The average Bonchev–Trinajstić information content (AvgIpc) is 2.62. The number of halogens is 1. The van der Waals surface area contributed by atoms with Crippen molar-refractivity contribution in [3.05, 3.63) is 95.8 Å². The minimum Gasteiger partial charge on any atom is -0.345 e. The van der Waals surface area contributed by atoms with E-state index in [2.05, 4.69) is 5.32 Å². The highest BCUT2D eigenvalue weighted by Crippen LogP contribution is 2.24. The number of amides is 1. The lowest BCUT2D eigenvalue weighted by molar-refractivity contribution is 0.0940. The Morgan fingerprint density at radius 2 is 1.62 bits per heavy atom. The summed E-state index contributed by atoms with van der Waals surface area (Å²) in [6, 6.07) is 23.3. The van der Waals surface area contributed by atoms with Gasteiger partial charge in [-0.15, -0.1) is 0 Å². The van der Waals surface area contributed by atoms with Crippen LogP contribution in [0.1, 0.15) is 28.9 Å². The van der Waals surface area contributed by atoms with E-state index in [0.717, 1.165) is 16.7 Å². The van der Waals surface area contributed by atoms with E-state index in [9.17, 15) is 9.18 Å². The van der Waals surface area contributed by atoms with Gasteiger partial charge in [0.15, 0.2) is 0 Å². The molecule has 120 valence electrons. The SMILES string of the molecule is C[C@H](NC(=O)c1ccccc1-c1ccccc1)c1cccc(F)c1. The van der Waals surface area contributed by atoms with E-state index < -0.39 is 0 Å². The normalized spacial score (nSPS) is 11.8. The maximum absolute atomic E-state index is 13.4. The number of hydrogen-bond donors (Lipinski definition) is 1. The molecule has 24 heavy (non-hydrogen) atoms. The standard InChI is InChI=1S/C21H18FNO/c1-15(17-10-7-11-18(22)14-17)23-21(24)20-13-6-5-12-19(20)16-8-3-2-4-9-16/h2-15H,1H3,(H,23,24)/t15-/m0/s1. The Labute approximate surface area is 141 Å². The Hall–Kier alpha value is -2.94. The van der Waals surface area contributed by atoms with Crippen molar-refractivity contribution in [2.24, 2.45) is 0 Å². The second kappa shape index (κ2) is 7.09. The van der Waals surface area contributed by atoms with Gasteiger partial charge < -0.3 is 5.32 Å². The fourth-order valence-corrected chi connectivity index (χ4v) is 2.68. The van der Waals surface area contributed by atoms with Crippen molar-refractivity contribution in [1.29, 1.82) is 0 Å². The molecule has 0 heterocycles. The van der Waals surface area contributed by atoms with Crippen LogP contribution in [0, 0.1) is 5.82 Å². The molecule has 3 rings (SSSR count). The molecule has 0 saturated heterocycles. The molecule has 0 aliphatic heterocycles. The molecule has 0 spiro atoms. The maximum atomic E-state index is 13.4. The summed E-state index contributed by atoms with van der Waals surface area (Å²) in [7, 11) is 0. The first-order valence-electron chi connectivity index (χ1n) is 7.86. The number of benzene rings is 3. The number of rotatable bonds is 4. The summed E-state index contributed by atoms with van der Waals surface area (Å²) in [4.78, 5) is 12.7. The van der Waals surface area contributed by atoms with Crippen molar-refractivity contribution in [2.75, 3.05) is 0 Å². The van der Waals surface area contributed by atoms with Gasteiger partial charge in [-0.2, -0.15) is 0 Å². The topological polar surface area (TPSA) is 29.1 Å². The van der Waals surface area contributed by atoms with Gasteiger partial charge in [-0.3, -0.25) is 4.79 Å². The molecule has 3 heteroatoms. The fourth-order valence-electron chi connectivity index (χ4n) is 2.68. The molecule has 0 saturated carbocycles. The second-order valence-electron chi connectivity index (χ2n) is 5.66. The van der Waals surface area contributed by atoms with Gasteiger partial charge in [-0.05, 0) is 41.8 Å². The number of carbonyl (C=O) groups is 1. The van der Waals surface area contributed by atoms with Crippen LogP contribution < -0.4 is 5.32 Å². The lowest BCUT2D eigenvalue weighted by Gasteiger charge is -2.16. The first-order chi connectivity index (χ1) is 11.6. The predicted octanol–water partition coefficient (Wildman–Crippen LogP) is 4.98. The van der Waals surface area contributed by atoms with Crippen LogP contribution in [0.3, 0.4) is 0 Å². The molecule has 0 aliphatic carbocycles. The largest absolute Gasteiger partial charge is 0.345 e. The van der Waals surface area contributed by atoms with E-state index >= 15 is 0 Å². The summed E-state index contributed by atoms with van der Waals surface area (Å²) in [5.41, 5.74) is 3.20. The molecule has 1 N–H and O–H groups in total. The zero-order valence-corrected chi connectivity index (χ0v) is 13.4. The molecule has 2 nitrogen and oxygen atoms in total. The summed E-state index contributed by atoms with van der Waals surface area (Å²) in [6.45, 7) is 1.85. The lowest BCUT2D eigenvalue weighted by Crippen LogP contribution is -2.27. The van der Waals surface area contributed by atoms with Gasteiger partial charge in [0.1, 0.15) is 5.82 Å². The van der Waals surface area contributed by atoms with E-state index in [0.29, 0.717) is 5.56 Å². The summed E-state index contributed by atoms with van der Waals surface area (Å²) in [6.07, 6.45) is 0. The Kier molecular flexibility index (Phi) is 4.71. The molecule has 0 aliphatic rings. The lowest BCUT2D eigenvalue weighted by atomic mass is 9.98. The summed E-state index contributed by atoms with van der Waals surface area (Å²) < 4.78 is 13.4.